The molecule has 0 saturated heterocycles. The first kappa shape index (κ1) is 12.5. The Morgan fingerprint density at radius 3 is 3.05 bits per heavy atom. The highest BCUT2D eigenvalue weighted by Gasteiger charge is 2.34. The standard InChI is InChI=1S/C15H21N3O/c1-11-5-4-8-15(9-11,10-16)18-14-17-12-6-2-3-7-13(12)19-14/h2-3,6-7,11H,4-5,8-10,16H2,1H3,(H,17,18). The van der Waals surface area contributed by atoms with Gasteiger partial charge in [0.2, 0.25) is 0 Å². The van der Waals surface area contributed by atoms with Gasteiger partial charge < -0.3 is 15.5 Å². The SMILES string of the molecule is CC1CCCC(CN)(Nc2nc3ccccc3o2)C1. The van der Waals surface area contributed by atoms with Crippen LogP contribution in [-0.4, -0.2) is 17.1 Å². The summed E-state index contributed by atoms with van der Waals surface area (Å²) >= 11 is 0. The molecule has 1 heterocycles. The average Bonchev–Trinajstić information content (AvgIpc) is 2.80. The van der Waals surface area contributed by atoms with Crippen molar-refractivity contribution < 1.29 is 4.42 Å². The molecule has 0 radical (unpaired) electrons. The quantitative estimate of drug-likeness (QED) is 0.888. The van der Waals surface area contributed by atoms with Crippen LogP contribution in [0.3, 0.4) is 0 Å². The monoisotopic (exact) mass is 259 g/mol. The third kappa shape index (κ3) is 2.45. The lowest BCUT2D eigenvalue weighted by molar-refractivity contribution is 0.259. The maximum Gasteiger partial charge on any atom is 0.296 e. The summed E-state index contributed by atoms with van der Waals surface area (Å²) in [4.78, 5) is 4.49. The molecule has 2 unspecified atom stereocenters. The molecule has 1 fully saturated rings. The van der Waals surface area contributed by atoms with Gasteiger partial charge in [-0.1, -0.05) is 31.9 Å². The van der Waals surface area contributed by atoms with Gasteiger partial charge in [0.15, 0.2) is 5.58 Å². The third-order valence-corrected chi connectivity index (χ3v) is 4.15. The topological polar surface area (TPSA) is 64.1 Å². The van der Waals surface area contributed by atoms with Crippen molar-refractivity contribution in [2.45, 2.75) is 38.1 Å². The number of aromatic nitrogens is 1. The summed E-state index contributed by atoms with van der Waals surface area (Å²) in [5.41, 5.74) is 7.66. The minimum atomic E-state index is -0.0570. The highest BCUT2D eigenvalue weighted by molar-refractivity contribution is 5.74. The van der Waals surface area contributed by atoms with Crippen molar-refractivity contribution >= 4 is 17.1 Å². The molecule has 2 aromatic rings. The predicted molar refractivity (Wildman–Crippen MR) is 77.0 cm³/mol. The lowest BCUT2D eigenvalue weighted by atomic mass is 9.76. The van der Waals surface area contributed by atoms with Crippen LogP contribution in [0.2, 0.25) is 0 Å². The Bertz CT molecular complexity index is 532. The van der Waals surface area contributed by atoms with E-state index in [1.165, 1.54) is 12.8 Å². The first-order chi connectivity index (χ1) is 9.21. The molecule has 102 valence electrons. The number of hydrogen-bond acceptors (Lipinski definition) is 4. The van der Waals surface area contributed by atoms with Crippen molar-refractivity contribution in [2.24, 2.45) is 11.7 Å². The molecule has 0 bridgehead atoms. The largest absolute Gasteiger partial charge is 0.424 e. The second kappa shape index (κ2) is 4.85. The summed E-state index contributed by atoms with van der Waals surface area (Å²) in [6.45, 7) is 2.91. The molecule has 0 spiro atoms. The molecular weight excluding hydrogens is 238 g/mol. The van der Waals surface area contributed by atoms with Gasteiger partial charge in [0.05, 0.1) is 5.54 Å². The Labute approximate surface area is 113 Å². The number of fused-ring (bicyclic) bond motifs is 1. The summed E-state index contributed by atoms with van der Waals surface area (Å²) in [7, 11) is 0. The minimum absolute atomic E-state index is 0.0570. The van der Waals surface area contributed by atoms with Gasteiger partial charge >= 0.3 is 0 Å². The van der Waals surface area contributed by atoms with E-state index in [4.69, 9.17) is 10.2 Å². The van der Waals surface area contributed by atoms with E-state index in [2.05, 4.69) is 17.2 Å². The number of nitrogens with zero attached hydrogens (tertiary/aromatic N) is 1. The van der Waals surface area contributed by atoms with Crippen molar-refractivity contribution in [1.29, 1.82) is 0 Å². The molecule has 0 aliphatic heterocycles. The molecular formula is C15H21N3O. The van der Waals surface area contributed by atoms with Crippen molar-refractivity contribution in [2.75, 3.05) is 11.9 Å². The Morgan fingerprint density at radius 2 is 2.32 bits per heavy atom. The zero-order chi connectivity index (χ0) is 13.3. The predicted octanol–water partition coefficient (Wildman–Crippen LogP) is 3.15. The van der Waals surface area contributed by atoms with Gasteiger partial charge in [-0.2, -0.15) is 4.98 Å². The molecule has 1 aromatic heterocycles. The number of nitrogens with one attached hydrogen (secondary N) is 1. The molecule has 3 rings (SSSR count). The number of rotatable bonds is 3. The van der Waals surface area contributed by atoms with E-state index in [0.29, 0.717) is 18.5 Å². The molecule has 1 aromatic carbocycles. The fourth-order valence-corrected chi connectivity index (χ4v) is 3.16. The van der Waals surface area contributed by atoms with E-state index < -0.39 is 0 Å². The van der Waals surface area contributed by atoms with Crippen molar-refractivity contribution in [1.82, 2.24) is 4.98 Å². The van der Waals surface area contributed by atoms with E-state index in [9.17, 15) is 0 Å². The first-order valence-corrected chi connectivity index (χ1v) is 7.05. The number of nitrogens with two attached hydrogens (primary N) is 1. The second-order valence-electron chi connectivity index (χ2n) is 5.80. The zero-order valence-corrected chi connectivity index (χ0v) is 11.4. The Morgan fingerprint density at radius 1 is 1.47 bits per heavy atom. The van der Waals surface area contributed by atoms with E-state index in [0.717, 1.165) is 23.9 Å². The van der Waals surface area contributed by atoms with Gasteiger partial charge in [0, 0.05) is 6.54 Å². The molecule has 4 heteroatoms. The number of anilines is 1. The van der Waals surface area contributed by atoms with Crippen LogP contribution in [0.5, 0.6) is 0 Å². The van der Waals surface area contributed by atoms with Crippen LogP contribution in [0.15, 0.2) is 28.7 Å². The molecule has 0 amide bonds. The number of para-hydroxylation sites is 2. The number of benzene rings is 1. The summed E-state index contributed by atoms with van der Waals surface area (Å²) in [5, 5.41) is 3.46. The van der Waals surface area contributed by atoms with Crippen LogP contribution in [0.4, 0.5) is 6.01 Å². The van der Waals surface area contributed by atoms with Crippen LogP contribution in [0.25, 0.3) is 11.1 Å². The first-order valence-electron chi connectivity index (χ1n) is 7.05. The van der Waals surface area contributed by atoms with Crippen molar-refractivity contribution in [3.63, 3.8) is 0 Å². The molecule has 3 N–H and O–H groups in total. The average molecular weight is 259 g/mol. The van der Waals surface area contributed by atoms with Crippen molar-refractivity contribution in [3.8, 4) is 0 Å². The summed E-state index contributed by atoms with van der Waals surface area (Å²) in [6, 6.07) is 8.42. The molecule has 1 saturated carbocycles. The fourth-order valence-electron chi connectivity index (χ4n) is 3.16. The maximum atomic E-state index is 6.01. The molecule has 19 heavy (non-hydrogen) atoms. The molecule has 1 aliphatic rings. The van der Waals surface area contributed by atoms with E-state index in [1.807, 2.05) is 24.3 Å². The number of hydrogen-bond donors (Lipinski definition) is 2. The molecule has 2 atom stereocenters. The third-order valence-electron chi connectivity index (χ3n) is 4.15. The maximum absolute atomic E-state index is 6.01. The summed E-state index contributed by atoms with van der Waals surface area (Å²) in [6.07, 6.45) is 4.68. The Balaban J connectivity index is 1.85. The Hall–Kier alpha value is -1.55. The molecule has 4 nitrogen and oxygen atoms in total. The lowest BCUT2D eigenvalue weighted by Gasteiger charge is -2.39. The normalized spacial score (nSPS) is 27.6. The lowest BCUT2D eigenvalue weighted by Crippen LogP contribution is -2.48. The van der Waals surface area contributed by atoms with Crippen LogP contribution in [0, 0.1) is 5.92 Å². The highest BCUT2D eigenvalue weighted by Crippen LogP contribution is 2.34. The Kier molecular flexibility index (Phi) is 3.19. The minimum Gasteiger partial charge on any atom is -0.424 e. The van der Waals surface area contributed by atoms with E-state index >= 15 is 0 Å². The summed E-state index contributed by atoms with van der Waals surface area (Å²) < 4.78 is 5.76. The van der Waals surface area contributed by atoms with Crippen LogP contribution in [0.1, 0.15) is 32.6 Å². The molecule has 1 aliphatic carbocycles. The number of oxazole rings is 1. The smallest absolute Gasteiger partial charge is 0.296 e. The van der Waals surface area contributed by atoms with Crippen LogP contribution in [-0.2, 0) is 0 Å². The van der Waals surface area contributed by atoms with Crippen LogP contribution >= 0.6 is 0 Å². The van der Waals surface area contributed by atoms with Gasteiger partial charge in [0.1, 0.15) is 5.52 Å². The summed E-state index contributed by atoms with van der Waals surface area (Å²) in [5.74, 6) is 0.703. The highest BCUT2D eigenvalue weighted by atomic mass is 16.4. The van der Waals surface area contributed by atoms with Gasteiger partial charge in [-0.3, -0.25) is 0 Å². The zero-order valence-electron chi connectivity index (χ0n) is 11.4. The van der Waals surface area contributed by atoms with Gasteiger partial charge in [-0.25, -0.2) is 0 Å². The van der Waals surface area contributed by atoms with E-state index in [-0.39, 0.29) is 5.54 Å². The van der Waals surface area contributed by atoms with Gasteiger partial charge in [0.25, 0.3) is 6.01 Å². The van der Waals surface area contributed by atoms with Crippen molar-refractivity contribution in [3.05, 3.63) is 24.3 Å². The van der Waals surface area contributed by atoms with Crippen LogP contribution < -0.4 is 11.1 Å². The fraction of sp³-hybridized carbons (Fsp3) is 0.533. The van der Waals surface area contributed by atoms with Gasteiger partial charge in [-0.05, 0) is 30.9 Å². The van der Waals surface area contributed by atoms with E-state index in [1.54, 1.807) is 0 Å². The second-order valence-corrected chi connectivity index (χ2v) is 5.80. The van der Waals surface area contributed by atoms with Gasteiger partial charge in [-0.15, -0.1) is 0 Å².